The van der Waals surface area contributed by atoms with E-state index in [-0.39, 0.29) is 12.1 Å². The zero-order valence-corrected chi connectivity index (χ0v) is 11.9. The minimum atomic E-state index is -5.38. The van der Waals surface area contributed by atoms with Gasteiger partial charge in [0.1, 0.15) is 4.90 Å². The Balaban J connectivity index is 3.90. The van der Waals surface area contributed by atoms with Crippen LogP contribution in [0.15, 0.2) is 17.0 Å². The zero-order valence-electron chi connectivity index (χ0n) is 8.88. The van der Waals surface area contributed by atoms with Crippen molar-refractivity contribution in [1.29, 1.82) is 0 Å². The Morgan fingerprint density at radius 3 is 1.80 bits per heavy atom. The van der Waals surface area contributed by atoms with Gasteiger partial charge in [-0.3, -0.25) is 7.62 Å². The van der Waals surface area contributed by atoms with Crippen molar-refractivity contribution in [3.05, 3.63) is 26.8 Å². The Labute approximate surface area is 118 Å². The number of rotatable bonds is 2. The standard InChI is InChI=1S/C8H3F6IO4S/c9-7(10,11)3-1-4(8(12,13)14)6(15-16)5(2-3)20(17,18)19/h1-2H,(H,17,18,19). The summed E-state index contributed by atoms with van der Waals surface area (Å²) < 4.78 is 115. The molecule has 114 valence electrons. The van der Waals surface area contributed by atoms with Gasteiger partial charge in [0, 0.05) is 0 Å². The van der Waals surface area contributed by atoms with Crippen LogP contribution in [0.3, 0.4) is 0 Å². The fourth-order valence-corrected chi connectivity index (χ4v) is 3.96. The summed E-state index contributed by atoms with van der Waals surface area (Å²) in [5.74, 6) is 0. The molecule has 0 fully saturated rings. The van der Waals surface area contributed by atoms with Crippen molar-refractivity contribution in [1.82, 2.24) is 0 Å². The van der Waals surface area contributed by atoms with Gasteiger partial charge in [-0.2, -0.15) is 34.8 Å². The van der Waals surface area contributed by atoms with Gasteiger partial charge in [0.05, 0.1) is 14.7 Å². The van der Waals surface area contributed by atoms with Gasteiger partial charge < -0.3 is 0 Å². The smallest absolute Gasteiger partial charge is 0.282 e. The van der Waals surface area contributed by atoms with Crippen LogP contribution < -0.4 is 0 Å². The van der Waals surface area contributed by atoms with E-state index in [4.69, 9.17) is 4.55 Å². The fourth-order valence-electron chi connectivity index (χ4n) is 1.24. The van der Waals surface area contributed by atoms with Crippen molar-refractivity contribution < 1.29 is 42.4 Å². The monoisotopic (exact) mass is 436 g/mol. The molecule has 20 heavy (non-hydrogen) atoms. The highest BCUT2D eigenvalue weighted by molar-refractivity contribution is 14.1. The van der Waals surface area contributed by atoms with Gasteiger partial charge in [0.2, 0.25) is 0 Å². The van der Waals surface area contributed by atoms with Crippen LogP contribution in [0.4, 0.5) is 26.3 Å². The molecule has 0 spiro atoms. The Hall–Kier alpha value is -0.760. The highest BCUT2D eigenvalue weighted by Gasteiger charge is 2.41. The first kappa shape index (κ1) is 17.3. The van der Waals surface area contributed by atoms with Crippen LogP contribution in [0.2, 0.25) is 0 Å². The maximum Gasteiger partial charge on any atom is 0.417 e. The summed E-state index contributed by atoms with van der Waals surface area (Å²) in [4.78, 5) is -1.65. The van der Waals surface area contributed by atoms with Crippen molar-refractivity contribution in [2.24, 2.45) is 0 Å². The van der Waals surface area contributed by atoms with Crippen LogP contribution in [0, 0.1) is 3.57 Å². The summed E-state index contributed by atoms with van der Waals surface area (Å²) in [6.07, 6.45) is -10.6. The number of hydrogen-bond acceptors (Lipinski definition) is 3. The number of alkyl halides is 6. The molecule has 0 bridgehead atoms. The second kappa shape index (κ2) is 5.22. The third-order valence-electron chi connectivity index (χ3n) is 2.03. The summed E-state index contributed by atoms with van der Waals surface area (Å²) in [7, 11) is -5.38. The van der Waals surface area contributed by atoms with E-state index >= 15 is 0 Å². The molecule has 1 N–H and O–H groups in total. The molecule has 0 saturated carbocycles. The van der Waals surface area contributed by atoms with Gasteiger partial charge >= 0.3 is 12.4 Å². The number of benzene rings is 1. The lowest BCUT2D eigenvalue weighted by Crippen LogP contribution is -2.16. The van der Waals surface area contributed by atoms with Crippen molar-refractivity contribution in [3.8, 4) is 0 Å². The average Bonchev–Trinajstić information content (AvgIpc) is 2.23. The second-order valence-electron chi connectivity index (χ2n) is 3.38. The van der Waals surface area contributed by atoms with E-state index in [1.807, 2.05) is 0 Å². The van der Waals surface area contributed by atoms with Crippen LogP contribution >= 0.6 is 21.2 Å². The Morgan fingerprint density at radius 1 is 1.00 bits per heavy atom. The summed E-state index contributed by atoms with van der Waals surface area (Å²) in [6.45, 7) is 0. The van der Waals surface area contributed by atoms with E-state index in [9.17, 15) is 37.8 Å². The molecule has 0 unspecified atom stereocenters. The Kier molecular flexibility index (Phi) is 4.51. The predicted octanol–water partition coefficient (Wildman–Crippen LogP) is 3.46. The fraction of sp³-hybridized carbons (Fsp3) is 0.250. The number of hydrogen-bond donors (Lipinski definition) is 1. The molecule has 0 atom stereocenters. The number of halogens is 7. The molecule has 12 heteroatoms. The van der Waals surface area contributed by atoms with Gasteiger partial charge in [0.15, 0.2) is 21.2 Å². The molecule has 0 saturated heterocycles. The third-order valence-corrected chi connectivity index (χ3v) is 4.87. The molecule has 1 aromatic carbocycles. The molecular formula is C8H3F6IO4S. The van der Waals surface area contributed by atoms with E-state index in [0.717, 1.165) is 0 Å². The zero-order chi connectivity index (χ0) is 15.9. The largest absolute Gasteiger partial charge is 0.417 e. The molecule has 0 heterocycles. The maximum atomic E-state index is 12.6. The molecular weight excluding hydrogens is 433 g/mol. The summed E-state index contributed by atoms with van der Waals surface area (Å²) >= 11 is -2.79. The minimum absolute atomic E-state index is 0.183. The highest BCUT2D eigenvalue weighted by Crippen LogP contribution is 2.41. The van der Waals surface area contributed by atoms with Crippen molar-refractivity contribution >= 4 is 31.3 Å². The van der Waals surface area contributed by atoms with E-state index in [0.29, 0.717) is 0 Å². The van der Waals surface area contributed by atoms with Crippen LogP contribution in [0.1, 0.15) is 11.1 Å². The lowest BCUT2D eigenvalue weighted by atomic mass is 10.1. The minimum Gasteiger partial charge on any atom is -0.282 e. The normalized spacial score (nSPS) is 13.6. The van der Waals surface area contributed by atoms with E-state index in [1.165, 1.54) is 0 Å². The molecule has 1 rings (SSSR count). The van der Waals surface area contributed by atoms with Gasteiger partial charge in [0.25, 0.3) is 10.1 Å². The van der Waals surface area contributed by atoms with Crippen LogP contribution in [0.5, 0.6) is 0 Å². The third kappa shape index (κ3) is 3.66. The maximum absolute atomic E-state index is 12.6. The van der Waals surface area contributed by atoms with Crippen LogP contribution in [-0.4, -0.2) is 13.0 Å². The molecule has 1 aromatic rings. The Bertz CT molecular complexity index is 648. The first-order chi connectivity index (χ1) is 8.78. The Morgan fingerprint density at radius 2 is 1.50 bits per heavy atom. The van der Waals surface area contributed by atoms with Crippen LogP contribution in [-0.2, 0) is 25.5 Å². The van der Waals surface area contributed by atoms with E-state index < -0.39 is 63.3 Å². The molecule has 0 amide bonds. The van der Waals surface area contributed by atoms with Gasteiger partial charge in [-0.05, 0) is 12.1 Å². The summed E-state index contributed by atoms with van der Waals surface area (Å²) in [5, 5.41) is 0. The summed E-state index contributed by atoms with van der Waals surface area (Å²) in [6, 6.07) is -0.529. The van der Waals surface area contributed by atoms with Crippen molar-refractivity contribution in [3.63, 3.8) is 0 Å². The quantitative estimate of drug-likeness (QED) is 0.438. The molecule has 0 radical (unpaired) electrons. The predicted molar refractivity (Wildman–Crippen MR) is 59.7 cm³/mol. The molecule has 0 aliphatic heterocycles. The van der Waals surface area contributed by atoms with E-state index in [2.05, 4.69) is 0 Å². The average molecular weight is 436 g/mol. The molecule has 0 aromatic heterocycles. The lowest BCUT2D eigenvalue weighted by molar-refractivity contribution is -0.143. The summed E-state index contributed by atoms with van der Waals surface area (Å²) in [5.41, 5.74) is -3.92. The second-order valence-corrected chi connectivity index (χ2v) is 6.29. The molecule has 0 aliphatic rings. The molecule has 4 nitrogen and oxygen atoms in total. The van der Waals surface area contributed by atoms with Crippen molar-refractivity contribution in [2.45, 2.75) is 17.2 Å². The van der Waals surface area contributed by atoms with Crippen LogP contribution in [0.25, 0.3) is 0 Å². The van der Waals surface area contributed by atoms with Gasteiger partial charge in [-0.15, -0.1) is 0 Å². The first-order valence-corrected chi connectivity index (χ1v) is 7.75. The highest BCUT2D eigenvalue weighted by atomic mass is 127. The molecule has 0 aliphatic carbocycles. The van der Waals surface area contributed by atoms with Gasteiger partial charge in [-0.1, -0.05) is 0 Å². The van der Waals surface area contributed by atoms with Gasteiger partial charge in [-0.25, -0.2) is 0 Å². The van der Waals surface area contributed by atoms with E-state index in [1.54, 1.807) is 0 Å². The topological polar surface area (TPSA) is 71.4 Å². The van der Waals surface area contributed by atoms with Crippen molar-refractivity contribution in [2.75, 3.05) is 0 Å². The lowest BCUT2D eigenvalue weighted by Gasteiger charge is -2.15. The first-order valence-electron chi connectivity index (χ1n) is 4.35. The SMILES string of the molecule is O=Ic1c(C(F)(F)F)cc(C(F)(F)F)cc1S(=O)(=O)O.